The van der Waals surface area contributed by atoms with Crippen LogP contribution >= 0.6 is 0 Å². The van der Waals surface area contributed by atoms with Crippen LogP contribution in [0.25, 0.3) is 17.1 Å². The van der Waals surface area contributed by atoms with Crippen molar-refractivity contribution in [3.63, 3.8) is 0 Å². The highest BCUT2D eigenvalue weighted by molar-refractivity contribution is 5.79. The zero-order chi connectivity index (χ0) is 33.2. The molecule has 0 unspecified atom stereocenters. The summed E-state index contributed by atoms with van der Waals surface area (Å²) in [7, 11) is 0. The molecule has 4 aromatic rings. The molecule has 1 aromatic heterocycles. The van der Waals surface area contributed by atoms with E-state index in [1.165, 1.54) is 22.9 Å². The SMILES string of the molecule is CC(C)(C)OC(=O)C(C)(C)Oc1ccc(CCCc2nc(-c3ccc(C(F)(F)F)cc3)nn2-c2ccc([N+](=O)[O-])cc2F)cc1. The number of hydrogen-bond acceptors (Lipinski definition) is 7. The number of carbonyl (C=O) groups excluding carboxylic acids is 1. The predicted octanol–water partition coefficient (Wildman–Crippen LogP) is 7.67. The van der Waals surface area contributed by atoms with Crippen molar-refractivity contribution in [2.75, 3.05) is 0 Å². The second-order valence-electron chi connectivity index (χ2n) is 11.8. The first-order valence-corrected chi connectivity index (χ1v) is 14.0. The highest BCUT2D eigenvalue weighted by Gasteiger charge is 2.35. The molecular formula is C32H32F4N4O5. The molecule has 3 aromatic carbocycles. The maximum atomic E-state index is 15.0. The molecule has 13 heteroatoms. The number of non-ortho nitro benzene ring substituents is 1. The van der Waals surface area contributed by atoms with Gasteiger partial charge in [-0.15, -0.1) is 5.10 Å². The van der Waals surface area contributed by atoms with Gasteiger partial charge in [0.15, 0.2) is 17.2 Å². The molecule has 0 spiro atoms. The minimum Gasteiger partial charge on any atom is -0.476 e. The largest absolute Gasteiger partial charge is 0.476 e. The average Bonchev–Trinajstić information content (AvgIpc) is 3.36. The minimum atomic E-state index is -4.52. The number of alkyl halides is 3. The van der Waals surface area contributed by atoms with Crippen LogP contribution < -0.4 is 4.74 Å². The van der Waals surface area contributed by atoms with Crippen LogP contribution in [0.4, 0.5) is 23.2 Å². The Balaban J connectivity index is 1.52. The number of carbonyl (C=O) groups is 1. The Bertz CT molecular complexity index is 1680. The summed E-state index contributed by atoms with van der Waals surface area (Å²) in [4.78, 5) is 27.4. The Morgan fingerprint density at radius 3 is 2.13 bits per heavy atom. The Morgan fingerprint density at radius 2 is 1.58 bits per heavy atom. The van der Waals surface area contributed by atoms with Crippen molar-refractivity contribution in [1.29, 1.82) is 0 Å². The molecule has 0 saturated heterocycles. The van der Waals surface area contributed by atoms with Crippen molar-refractivity contribution >= 4 is 11.7 Å². The topological polar surface area (TPSA) is 109 Å². The van der Waals surface area contributed by atoms with Crippen LogP contribution in [0.3, 0.4) is 0 Å². The standard InChI is InChI=1S/C32H32F4N4O5/c1-30(2,3)45-29(41)31(4,5)44-24-16-9-20(10-17-24)7-6-8-27-37-28(21-11-13-22(14-12-21)32(34,35)36)38-39(27)26-18-15-23(40(42)43)19-25(26)33/h9-19H,6-8H2,1-5H3. The number of benzene rings is 3. The summed E-state index contributed by atoms with van der Waals surface area (Å²) in [6, 6.07) is 14.5. The molecule has 0 radical (unpaired) electrons. The van der Waals surface area contributed by atoms with Crippen LogP contribution in [0.15, 0.2) is 66.7 Å². The molecule has 45 heavy (non-hydrogen) atoms. The summed E-state index contributed by atoms with van der Waals surface area (Å²) in [5, 5.41) is 15.4. The fourth-order valence-electron chi connectivity index (χ4n) is 4.32. The van der Waals surface area contributed by atoms with E-state index in [1.54, 1.807) is 46.8 Å². The summed E-state index contributed by atoms with van der Waals surface area (Å²) in [5.74, 6) is -0.533. The smallest absolute Gasteiger partial charge is 0.416 e. The third-order valence-electron chi connectivity index (χ3n) is 6.57. The number of esters is 1. The van der Waals surface area contributed by atoms with Gasteiger partial charge in [-0.25, -0.2) is 18.9 Å². The highest BCUT2D eigenvalue weighted by Crippen LogP contribution is 2.31. The monoisotopic (exact) mass is 628 g/mol. The second kappa shape index (κ2) is 12.7. The third kappa shape index (κ3) is 8.43. The van der Waals surface area contributed by atoms with E-state index in [-0.39, 0.29) is 17.1 Å². The van der Waals surface area contributed by atoms with Gasteiger partial charge in [0.2, 0.25) is 0 Å². The van der Waals surface area contributed by atoms with Crippen LogP contribution in [-0.2, 0) is 28.5 Å². The summed E-state index contributed by atoms with van der Waals surface area (Å²) >= 11 is 0. The van der Waals surface area contributed by atoms with E-state index in [0.29, 0.717) is 30.8 Å². The fourth-order valence-corrected chi connectivity index (χ4v) is 4.32. The van der Waals surface area contributed by atoms with E-state index in [2.05, 4.69) is 10.1 Å². The number of aryl methyl sites for hydroxylation is 2. The molecular weight excluding hydrogens is 596 g/mol. The molecule has 9 nitrogen and oxygen atoms in total. The molecule has 0 fully saturated rings. The number of halogens is 4. The van der Waals surface area contributed by atoms with Crippen molar-refractivity contribution in [3.8, 4) is 22.8 Å². The molecule has 0 saturated carbocycles. The average molecular weight is 629 g/mol. The minimum absolute atomic E-state index is 0.0746. The molecule has 0 aliphatic carbocycles. The van der Waals surface area contributed by atoms with Crippen molar-refractivity contribution in [1.82, 2.24) is 14.8 Å². The van der Waals surface area contributed by atoms with Gasteiger partial charge in [0.25, 0.3) is 5.69 Å². The second-order valence-corrected chi connectivity index (χ2v) is 11.8. The molecule has 0 aliphatic rings. The Labute approximate surface area is 257 Å². The van der Waals surface area contributed by atoms with Gasteiger partial charge in [0.1, 0.15) is 22.9 Å². The van der Waals surface area contributed by atoms with E-state index in [4.69, 9.17) is 9.47 Å². The number of rotatable bonds is 10. The molecule has 0 aliphatic heterocycles. The molecule has 0 N–H and O–H groups in total. The van der Waals surface area contributed by atoms with Crippen LogP contribution in [0, 0.1) is 15.9 Å². The van der Waals surface area contributed by atoms with Crippen molar-refractivity contribution < 1.29 is 36.8 Å². The first kappa shape index (κ1) is 33.1. The molecule has 238 valence electrons. The molecule has 0 bridgehead atoms. The predicted molar refractivity (Wildman–Crippen MR) is 157 cm³/mol. The Kier molecular flexibility index (Phi) is 9.31. The first-order valence-electron chi connectivity index (χ1n) is 14.0. The molecule has 0 amide bonds. The van der Waals surface area contributed by atoms with E-state index >= 15 is 0 Å². The van der Waals surface area contributed by atoms with E-state index in [1.807, 2.05) is 12.1 Å². The maximum absolute atomic E-state index is 15.0. The van der Waals surface area contributed by atoms with Crippen LogP contribution in [0.5, 0.6) is 5.75 Å². The summed E-state index contributed by atoms with van der Waals surface area (Å²) in [6.45, 7) is 8.57. The van der Waals surface area contributed by atoms with Crippen LogP contribution in [0.1, 0.15) is 58.0 Å². The lowest BCUT2D eigenvalue weighted by Crippen LogP contribution is -2.43. The number of aromatic nitrogens is 3. The van der Waals surface area contributed by atoms with Gasteiger partial charge in [-0.2, -0.15) is 13.2 Å². The number of hydrogen-bond donors (Lipinski definition) is 0. The summed E-state index contributed by atoms with van der Waals surface area (Å²) < 4.78 is 66.7. The number of nitro groups is 1. The van der Waals surface area contributed by atoms with E-state index in [0.717, 1.165) is 29.8 Å². The van der Waals surface area contributed by atoms with Crippen molar-refractivity contribution in [2.45, 2.75) is 71.3 Å². The molecule has 0 atom stereocenters. The summed E-state index contributed by atoms with van der Waals surface area (Å²) in [6.07, 6.45) is -3.12. The normalized spacial score (nSPS) is 12.2. The highest BCUT2D eigenvalue weighted by atomic mass is 19.4. The number of nitrogens with zero attached hydrogens (tertiary/aromatic N) is 4. The number of ether oxygens (including phenoxy) is 2. The van der Waals surface area contributed by atoms with E-state index in [9.17, 15) is 32.5 Å². The van der Waals surface area contributed by atoms with Gasteiger partial charge in [0, 0.05) is 18.1 Å². The van der Waals surface area contributed by atoms with Gasteiger partial charge in [-0.1, -0.05) is 24.3 Å². The Hall–Kier alpha value is -4.81. The maximum Gasteiger partial charge on any atom is 0.416 e. The van der Waals surface area contributed by atoms with E-state index < -0.39 is 45.3 Å². The van der Waals surface area contributed by atoms with Gasteiger partial charge >= 0.3 is 12.1 Å². The van der Waals surface area contributed by atoms with Gasteiger partial charge in [-0.05, 0) is 83.4 Å². The summed E-state index contributed by atoms with van der Waals surface area (Å²) in [5.41, 5.74) is -2.01. The lowest BCUT2D eigenvalue weighted by molar-refractivity contribution is -0.385. The lowest BCUT2D eigenvalue weighted by Gasteiger charge is -2.29. The van der Waals surface area contributed by atoms with Gasteiger partial charge < -0.3 is 9.47 Å². The lowest BCUT2D eigenvalue weighted by atomic mass is 10.1. The zero-order valence-corrected chi connectivity index (χ0v) is 25.3. The third-order valence-corrected chi connectivity index (χ3v) is 6.57. The quantitative estimate of drug-likeness (QED) is 0.0767. The van der Waals surface area contributed by atoms with Gasteiger partial charge in [-0.3, -0.25) is 10.1 Å². The first-order chi connectivity index (χ1) is 20.9. The van der Waals surface area contributed by atoms with Crippen molar-refractivity contribution in [3.05, 3.63) is 99.6 Å². The van der Waals surface area contributed by atoms with Gasteiger partial charge in [0.05, 0.1) is 16.6 Å². The molecule has 4 rings (SSSR count). The van der Waals surface area contributed by atoms with Crippen LogP contribution in [0.2, 0.25) is 0 Å². The van der Waals surface area contributed by atoms with Crippen LogP contribution in [-0.4, -0.2) is 36.9 Å². The number of nitro benzene ring substituents is 1. The van der Waals surface area contributed by atoms with Crippen molar-refractivity contribution in [2.24, 2.45) is 0 Å². The zero-order valence-electron chi connectivity index (χ0n) is 25.3. The Morgan fingerprint density at radius 1 is 0.933 bits per heavy atom. The fraction of sp³-hybridized carbons (Fsp3) is 0.344. The molecule has 1 heterocycles.